The molecular weight excluding hydrogens is 474 g/mol. The van der Waals surface area contributed by atoms with E-state index in [2.05, 4.69) is 0 Å². The molecule has 0 radical (unpaired) electrons. The second-order valence-corrected chi connectivity index (χ2v) is 12.1. The Kier molecular flexibility index (Phi) is 7.18. The lowest BCUT2D eigenvalue weighted by Gasteiger charge is -2.35. The molecule has 0 atom stereocenters. The number of nitrogens with zero attached hydrogens (tertiary/aromatic N) is 3. The molecule has 1 aliphatic heterocycles. The van der Waals surface area contributed by atoms with E-state index in [0.29, 0.717) is 10.7 Å². The van der Waals surface area contributed by atoms with Crippen LogP contribution in [0.2, 0.25) is 5.02 Å². The highest BCUT2D eigenvalue weighted by molar-refractivity contribution is 7.92. The second kappa shape index (κ2) is 9.38. The maximum Gasteiger partial charge on any atom is 0.243 e. The third-order valence-electron chi connectivity index (χ3n) is 5.37. The Morgan fingerprint density at radius 2 is 1.56 bits per heavy atom. The average molecular weight is 500 g/mol. The number of amides is 1. The minimum atomic E-state index is -3.73. The van der Waals surface area contributed by atoms with Gasteiger partial charge in [-0.3, -0.25) is 9.10 Å². The number of benzene rings is 2. The summed E-state index contributed by atoms with van der Waals surface area (Å²) in [6.07, 6.45) is 1.03. The lowest BCUT2D eigenvalue weighted by Crippen LogP contribution is -2.53. The van der Waals surface area contributed by atoms with Crippen molar-refractivity contribution in [2.45, 2.75) is 18.7 Å². The van der Waals surface area contributed by atoms with Gasteiger partial charge in [-0.15, -0.1) is 0 Å². The van der Waals surface area contributed by atoms with E-state index in [-0.39, 0.29) is 37.6 Å². The van der Waals surface area contributed by atoms with Crippen molar-refractivity contribution in [1.82, 2.24) is 9.21 Å². The molecule has 0 aliphatic carbocycles. The van der Waals surface area contributed by atoms with Gasteiger partial charge in [0.25, 0.3) is 0 Å². The third-order valence-corrected chi connectivity index (χ3v) is 8.83. The highest BCUT2D eigenvalue weighted by Crippen LogP contribution is 2.25. The maximum absolute atomic E-state index is 12.9. The van der Waals surface area contributed by atoms with E-state index in [1.54, 1.807) is 43.3 Å². The summed E-state index contributed by atoms with van der Waals surface area (Å²) in [5.41, 5.74) is 2.06. The molecule has 1 amide bonds. The van der Waals surface area contributed by atoms with Gasteiger partial charge in [0.05, 0.1) is 16.8 Å². The summed E-state index contributed by atoms with van der Waals surface area (Å²) in [6, 6.07) is 11.4. The van der Waals surface area contributed by atoms with Gasteiger partial charge < -0.3 is 4.90 Å². The van der Waals surface area contributed by atoms with Crippen LogP contribution in [0.15, 0.2) is 47.4 Å². The Labute approximate surface area is 194 Å². The molecule has 2 aromatic carbocycles. The van der Waals surface area contributed by atoms with Crippen LogP contribution in [0.4, 0.5) is 5.69 Å². The van der Waals surface area contributed by atoms with Crippen LogP contribution >= 0.6 is 11.6 Å². The Morgan fingerprint density at radius 1 is 0.969 bits per heavy atom. The van der Waals surface area contributed by atoms with E-state index in [1.807, 2.05) is 6.92 Å². The molecule has 3 rings (SSSR count). The van der Waals surface area contributed by atoms with E-state index >= 15 is 0 Å². The molecule has 0 spiro atoms. The monoisotopic (exact) mass is 499 g/mol. The van der Waals surface area contributed by atoms with Crippen molar-refractivity contribution >= 4 is 43.2 Å². The highest BCUT2D eigenvalue weighted by atomic mass is 35.5. The molecule has 8 nitrogen and oxygen atoms in total. The third kappa shape index (κ3) is 5.43. The van der Waals surface area contributed by atoms with Gasteiger partial charge in [0.2, 0.25) is 26.0 Å². The quantitative estimate of drug-likeness (QED) is 0.607. The highest BCUT2D eigenvalue weighted by Gasteiger charge is 2.31. The second-order valence-electron chi connectivity index (χ2n) is 7.80. The zero-order valence-corrected chi connectivity index (χ0v) is 20.5. The first kappa shape index (κ1) is 24.5. The molecule has 0 saturated carbocycles. The zero-order valence-electron chi connectivity index (χ0n) is 18.2. The van der Waals surface area contributed by atoms with E-state index < -0.39 is 26.0 Å². The molecule has 11 heteroatoms. The predicted molar refractivity (Wildman–Crippen MR) is 125 cm³/mol. The van der Waals surface area contributed by atoms with Crippen LogP contribution in [0.5, 0.6) is 0 Å². The Morgan fingerprint density at radius 3 is 2.09 bits per heavy atom. The standard InChI is InChI=1S/C21H26ClN3O5S2/c1-16-4-8-19(9-5-16)32(29,30)24-12-10-23(11-13-24)21(26)15-25(31(3,27)28)18-7-6-17(2)20(22)14-18/h4-9,14H,10-13,15H2,1-3H3. The van der Waals surface area contributed by atoms with Crippen LogP contribution < -0.4 is 4.31 Å². The van der Waals surface area contributed by atoms with E-state index in [0.717, 1.165) is 21.7 Å². The number of aryl methyl sites for hydroxylation is 2. The van der Waals surface area contributed by atoms with Gasteiger partial charge in [0.1, 0.15) is 6.54 Å². The largest absolute Gasteiger partial charge is 0.338 e. The van der Waals surface area contributed by atoms with Gasteiger partial charge >= 0.3 is 0 Å². The lowest BCUT2D eigenvalue weighted by atomic mass is 10.2. The van der Waals surface area contributed by atoms with Crippen LogP contribution in [-0.4, -0.2) is 70.9 Å². The number of halogens is 1. The van der Waals surface area contributed by atoms with Gasteiger partial charge in [-0.25, -0.2) is 16.8 Å². The summed E-state index contributed by atoms with van der Waals surface area (Å²) in [5.74, 6) is -0.403. The van der Waals surface area contributed by atoms with Crippen molar-refractivity contribution in [3.05, 3.63) is 58.6 Å². The number of carbonyl (C=O) groups is 1. The van der Waals surface area contributed by atoms with Crippen LogP contribution in [0.1, 0.15) is 11.1 Å². The molecule has 0 aromatic heterocycles. The van der Waals surface area contributed by atoms with Gasteiger partial charge in [0, 0.05) is 31.2 Å². The molecule has 0 bridgehead atoms. The van der Waals surface area contributed by atoms with Gasteiger partial charge in [-0.05, 0) is 43.7 Å². The first-order valence-corrected chi connectivity index (χ1v) is 13.6. The minimum absolute atomic E-state index is 0.136. The molecule has 1 fully saturated rings. The van der Waals surface area contributed by atoms with Crippen molar-refractivity contribution in [2.24, 2.45) is 0 Å². The summed E-state index contributed by atoms with van der Waals surface area (Å²) in [5, 5.41) is 0.401. The van der Waals surface area contributed by atoms with Crippen molar-refractivity contribution in [3.63, 3.8) is 0 Å². The summed E-state index contributed by atoms with van der Waals surface area (Å²) in [7, 11) is -7.39. The summed E-state index contributed by atoms with van der Waals surface area (Å²) in [6.45, 7) is 3.92. The number of rotatable bonds is 6. The Balaban J connectivity index is 1.70. The number of carbonyl (C=O) groups excluding carboxylic acids is 1. The normalized spacial score (nSPS) is 15.6. The van der Waals surface area contributed by atoms with Crippen LogP contribution in [-0.2, 0) is 24.8 Å². The fourth-order valence-corrected chi connectivity index (χ4v) is 5.84. The van der Waals surface area contributed by atoms with Gasteiger partial charge in [-0.2, -0.15) is 4.31 Å². The lowest BCUT2D eigenvalue weighted by molar-refractivity contribution is -0.130. The zero-order chi connectivity index (χ0) is 23.7. The van der Waals surface area contributed by atoms with Crippen molar-refractivity contribution < 1.29 is 21.6 Å². The summed E-state index contributed by atoms with van der Waals surface area (Å²) in [4.78, 5) is 14.6. The van der Waals surface area contributed by atoms with Crippen LogP contribution in [0.25, 0.3) is 0 Å². The number of piperazine rings is 1. The first-order chi connectivity index (χ1) is 14.9. The smallest absolute Gasteiger partial charge is 0.243 e. The Bertz CT molecular complexity index is 1210. The molecular formula is C21H26ClN3O5S2. The SMILES string of the molecule is Cc1ccc(S(=O)(=O)N2CCN(C(=O)CN(c3ccc(C)c(Cl)c3)S(C)(=O)=O)CC2)cc1. The van der Waals surface area contributed by atoms with Crippen molar-refractivity contribution in [3.8, 4) is 0 Å². The number of hydrogen-bond donors (Lipinski definition) is 0. The maximum atomic E-state index is 12.9. The molecule has 0 unspecified atom stereocenters. The number of sulfonamides is 2. The van der Waals surface area contributed by atoms with Crippen LogP contribution in [0, 0.1) is 13.8 Å². The molecule has 1 saturated heterocycles. The molecule has 174 valence electrons. The fourth-order valence-electron chi connectivity index (χ4n) is 3.40. The Hall–Kier alpha value is -2.14. The average Bonchev–Trinajstić information content (AvgIpc) is 2.73. The van der Waals surface area contributed by atoms with Crippen LogP contribution in [0.3, 0.4) is 0 Å². The molecule has 32 heavy (non-hydrogen) atoms. The molecule has 2 aromatic rings. The molecule has 1 aliphatic rings. The fraction of sp³-hybridized carbons (Fsp3) is 0.381. The summed E-state index contributed by atoms with van der Waals surface area (Å²) < 4.78 is 52.7. The topological polar surface area (TPSA) is 95.1 Å². The number of hydrogen-bond acceptors (Lipinski definition) is 5. The van der Waals surface area contributed by atoms with Crippen molar-refractivity contribution in [2.75, 3.05) is 43.3 Å². The predicted octanol–water partition coefficient (Wildman–Crippen LogP) is 2.26. The van der Waals surface area contributed by atoms with Gasteiger partial charge in [0.15, 0.2) is 0 Å². The van der Waals surface area contributed by atoms with E-state index in [9.17, 15) is 21.6 Å². The van der Waals surface area contributed by atoms with E-state index in [4.69, 9.17) is 11.6 Å². The van der Waals surface area contributed by atoms with E-state index in [1.165, 1.54) is 15.3 Å². The minimum Gasteiger partial charge on any atom is -0.338 e. The molecule has 1 heterocycles. The molecule has 0 N–H and O–H groups in total. The van der Waals surface area contributed by atoms with Crippen molar-refractivity contribution in [1.29, 1.82) is 0 Å². The first-order valence-electron chi connectivity index (χ1n) is 9.98. The summed E-state index contributed by atoms with van der Waals surface area (Å²) >= 11 is 6.13. The number of anilines is 1. The van der Waals surface area contributed by atoms with Gasteiger partial charge in [-0.1, -0.05) is 35.4 Å².